The van der Waals surface area contributed by atoms with Crippen LogP contribution >= 0.6 is 22.9 Å². The highest BCUT2D eigenvalue weighted by Crippen LogP contribution is 2.35. The molecule has 10 heteroatoms. The molecule has 0 saturated heterocycles. The first kappa shape index (κ1) is 23.0. The van der Waals surface area contributed by atoms with Crippen molar-refractivity contribution in [3.63, 3.8) is 0 Å². The highest BCUT2D eigenvalue weighted by atomic mass is 35.5. The van der Waals surface area contributed by atoms with Gasteiger partial charge in [0.05, 0.1) is 29.2 Å². The van der Waals surface area contributed by atoms with Gasteiger partial charge in [-0.05, 0) is 44.5 Å². The maximum absolute atomic E-state index is 13.3. The molecule has 0 bridgehead atoms. The second-order valence-electron chi connectivity index (χ2n) is 8.18. The quantitative estimate of drug-likeness (QED) is 0.383. The molecule has 0 aliphatic heterocycles. The fraction of sp³-hybridized carbons (Fsp3) is 0.261. The van der Waals surface area contributed by atoms with Crippen molar-refractivity contribution in [2.24, 2.45) is 0 Å². The lowest BCUT2D eigenvalue weighted by Crippen LogP contribution is -2.21. The second kappa shape index (κ2) is 9.01. The number of carbonyl (C=O) groups is 1. The number of amides is 1. The van der Waals surface area contributed by atoms with Crippen LogP contribution in [-0.4, -0.2) is 43.7 Å². The van der Waals surface area contributed by atoms with Crippen LogP contribution in [0.4, 0.5) is 5.13 Å². The van der Waals surface area contributed by atoms with Crippen molar-refractivity contribution < 1.29 is 14.6 Å². The molecule has 0 unspecified atom stereocenters. The van der Waals surface area contributed by atoms with E-state index in [-0.39, 0.29) is 10.7 Å². The molecule has 0 radical (unpaired) electrons. The first-order valence-electron chi connectivity index (χ1n) is 10.1. The summed E-state index contributed by atoms with van der Waals surface area (Å²) in [6.45, 7) is 5.28. The Morgan fingerprint density at radius 3 is 2.76 bits per heavy atom. The van der Waals surface area contributed by atoms with Gasteiger partial charge in [-0.15, -0.1) is 0 Å². The van der Waals surface area contributed by atoms with E-state index in [2.05, 4.69) is 25.3 Å². The molecule has 0 aliphatic carbocycles. The van der Waals surface area contributed by atoms with Crippen molar-refractivity contribution in [3.05, 3.63) is 58.8 Å². The largest absolute Gasteiger partial charge is 0.494 e. The summed E-state index contributed by atoms with van der Waals surface area (Å²) in [4.78, 5) is 30.4. The molecule has 4 heterocycles. The fourth-order valence-corrected chi connectivity index (χ4v) is 4.70. The van der Waals surface area contributed by atoms with E-state index in [1.165, 1.54) is 18.4 Å². The van der Waals surface area contributed by atoms with Gasteiger partial charge >= 0.3 is 0 Å². The highest BCUT2D eigenvalue weighted by Gasteiger charge is 2.23. The van der Waals surface area contributed by atoms with Crippen molar-refractivity contribution >= 4 is 44.3 Å². The van der Waals surface area contributed by atoms with E-state index in [0.29, 0.717) is 39.8 Å². The minimum atomic E-state index is -0.851. The van der Waals surface area contributed by atoms with Crippen LogP contribution in [0.1, 0.15) is 35.5 Å². The number of nitrogens with zero attached hydrogens (tertiary/aromatic N) is 4. The third kappa shape index (κ3) is 5.11. The Kier molecular flexibility index (Phi) is 6.29. The first-order chi connectivity index (χ1) is 15.6. The number of carbonyl (C=O) groups excluding carboxylic acids is 1. The zero-order chi connectivity index (χ0) is 23.8. The number of fused-ring (bicyclic) bond motifs is 1. The monoisotopic (exact) mass is 483 g/mol. The van der Waals surface area contributed by atoms with E-state index in [1.807, 2.05) is 6.07 Å². The van der Waals surface area contributed by atoms with E-state index < -0.39 is 11.5 Å². The molecular weight excluding hydrogens is 462 g/mol. The molecule has 0 atom stereocenters. The number of halogens is 1. The van der Waals surface area contributed by atoms with E-state index >= 15 is 0 Å². The number of thiazole rings is 1. The molecule has 0 spiro atoms. The summed E-state index contributed by atoms with van der Waals surface area (Å²) in [5, 5.41) is 13.3. The van der Waals surface area contributed by atoms with Crippen molar-refractivity contribution in [1.29, 1.82) is 0 Å². The number of ether oxygens (including phenoxy) is 1. The maximum atomic E-state index is 13.3. The molecule has 4 rings (SSSR count). The summed E-state index contributed by atoms with van der Waals surface area (Å²) < 4.78 is 6.23. The molecule has 0 aromatic carbocycles. The lowest BCUT2D eigenvalue weighted by atomic mass is 10.0. The average molecular weight is 484 g/mol. The zero-order valence-electron chi connectivity index (χ0n) is 18.5. The first-order valence-corrected chi connectivity index (χ1v) is 11.3. The molecule has 8 nitrogen and oxygen atoms in total. The van der Waals surface area contributed by atoms with Crippen molar-refractivity contribution in [1.82, 2.24) is 19.9 Å². The van der Waals surface area contributed by atoms with Gasteiger partial charge in [0.15, 0.2) is 10.8 Å². The summed E-state index contributed by atoms with van der Waals surface area (Å²) in [6.07, 6.45) is 5.33. The Hall–Kier alpha value is -3.14. The van der Waals surface area contributed by atoms with Crippen molar-refractivity contribution in [2.45, 2.75) is 32.8 Å². The number of hydrogen-bond acceptors (Lipinski definition) is 8. The van der Waals surface area contributed by atoms with E-state index in [1.54, 1.807) is 51.5 Å². The van der Waals surface area contributed by atoms with Crippen LogP contribution in [0.3, 0.4) is 0 Å². The van der Waals surface area contributed by atoms with Gasteiger partial charge < -0.3 is 9.84 Å². The number of pyridine rings is 3. The fourth-order valence-electron chi connectivity index (χ4n) is 3.50. The Bertz CT molecular complexity index is 1350. The molecule has 0 aliphatic rings. The Morgan fingerprint density at radius 1 is 1.24 bits per heavy atom. The van der Waals surface area contributed by atoms with Crippen molar-refractivity contribution in [3.8, 4) is 16.9 Å². The summed E-state index contributed by atoms with van der Waals surface area (Å²) in [5.74, 6) is 0.0638. The third-order valence-electron chi connectivity index (χ3n) is 4.79. The molecule has 2 N–H and O–H groups in total. The number of anilines is 1. The predicted octanol–water partition coefficient (Wildman–Crippen LogP) is 4.68. The summed E-state index contributed by atoms with van der Waals surface area (Å²) in [5.41, 5.74) is 2.67. The number of aromatic nitrogens is 4. The molecular formula is C23H22ClN5O3S. The Morgan fingerprint density at radius 2 is 2.03 bits per heavy atom. The number of methoxy groups -OCH3 is 1. The van der Waals surface area contributed by atoms with Gasteiger partial charge in [0.2, 0.25) is 0 Å². The van der Waals surface area contributed by atoms with Gasteiger partial charge in [-0.25, -0.2) is 9.97 Å². The SMILES string of the molecule is COc1cnccc1-c1cc(C)nc(Cl)c1C(=O)Nc1nc2ncc(CC(C)(C)O)cc2s1. The normalized spacial score (nSPS) is 11.6. The van der Waals surface area contributed by atoms with Crippen LogP contribution in [-0.2, 0) is 6.42 Å². The zero-order valence-corrected chi connectivity index (χ0v) is 20.1. The van der Waals surface area contributed by atoms with Gasteiger partial charge in [0.25, 0.3) is 5.91 Å². The summed E-state index contributed by atoms with van der Waals surface area (Å²) in [6, 6.07) is 5.45. The summed E-state index contributed by atoms with van der Waals surface area (Å²) in [7, 11) is 1.54. The van der Waals surface area contributed by atoms with Crippen LogP contribution < -0.4 is 10.1 Å². The number of aliphatic hydroxyl groups is 1. The van der Waals surface area contributed by atoms with Crippen LogP contribution in [0.25, 0.3) is 21.5 Å². The minimum absolute atomic E-state index is 0.0769. The average Bonchev–Trinajstić information content (AvgIpc) is 3.13. The lowest BCUT2D eigenvalue weighted by Gasteiger charge is -2.16. The smallest absolute Gasteiger partial charge is 0.261 e. The second-order valence-corrected chi connectivity index (χ2v) is 9.57. The van der Waals surface area contributed by atoms with Gasteiger partial charge in [0.1, 0.15) is 10.9 Å². The van der Waals surface area contributed by atoms with Gasteiger partial charge in [-0.1, -0.05) is 22.9 Å². The van der Waals surface area contributed by atoms with Gasteiger partial charge in [-0.3, -0.25) is 15.1 Å². The maximum Gasteiger partial charge on any atom is 0.261 e. The lowest BCUT2D eigenvalue weighted by molar-refractivity contribution is 0.0809. The van der Waals surface area contributed by atoms with Gasteiger partial charge in [0, 0.05) is 35.6 Å². The molecule has 1 amide bonds. The van der Waals surface area contributed by atoms with Crippen molar-refractivity contribution in [2.75, 3.05) is 12.4 Å². The molecule has 170 valence electrons. The number of hydrogen-bond donors (Lipinski definition) is 2. The van der Waals surface area contributed by atoms with Gasteiger partial charge in [-0.2, -0.15) is 4.98 Å². The predicted molar refractivity (Wildman–Crippen MR) is 129 cm³/mol. The van der Waals surface area contributed by atoms with Crippen LogP contribution in [0, 0.1) is 6.92 Å². The Balaban J connectivity index is 1.70. The van der Waals surface area contributed by atoms with E-state index in [9.17, 15) is 9.90 Å². The molecule has 4 aromatic rings. The van der Waals surface area contributed by atoms with Crippen LogP contribution in [0.5, 0.6) is 5.75 Å². The highest BCUT2D eigenvalue weighted by molar-refractivity contribution is 7.22. The summed E-state index contributed by atoms with van der Waals surface area (Å²) >= 11 is 7.71. The topological polar surface area (TPSA) is 110 Å². The van der Waals surface area contributed by atoms with E-state index in [4.69, 9.17) is 16.3 Å². The third-order valence-corrected chi connectivity index (χ3v) is 5.97. The molecule has 0 saturated carbocycles. The van der Waals surface area contributed by atoms with E-state index in [0.717, 1.165) is 10.3 Å². The molecule has 4 aromatic heterocycles. The van der Waals surface area contributed by atoms with Crippen LogP contribution in [0.15, 0.2) is 36.8 Å². The minimum Gasteiger partial charge on any atom is -0.494 e. The number of aryl methyl sites for hydroxylation is 1. The van der Waals surface area contributed by atoms with Crippen LogP contribution in [0.2, 0.25) is 5.15 Å². The molecule has 0 fully saturated rings. The Labute approximate surface area is 199 Å². The molecule has 33 heavy (non-hydrogen) atoms. The number of nitrogens with one attached hydrogen (secondary N) is 1. The number of rotatable bonds is 6. The standard InChI is InChI=1S/C23H22ClN5O3S/c1-12-7-15(14-5-6-25-11-16(14)32-4)18(19(24)27-12)21(30)29-22-28-20-17(33-22)8-13(10-26-20)9-23(2,3)31/h5-8,10-11,31H,9H2,1-4H3,(H,26,28,29,30).